The van der Waals surface area contributed by atoms with Crippen molar-refractivity contribution in [3.8, 4) is 0 Å². The first kappa shape index (κ1) is 22.7. The van der Waals surface area contributed by atoms with Crippen LogP contribution < -0.4 is 5.73 Å². The van der Waals surface area contributed by atoms with Crippen molar-refractivity contribution in [2.24, 2.45) is 5.73 Å². The number of alkyl halides is 3. The lowest BCUT2D eigenvalue weighted by molar-refractivity contribution is -0.143. The number of hydrogen-bond acceptors (Lipinski definition) is 5. The molecule has 0 spiro atoms. The Balaban J connectivity index is 2.47. The Morgan fingerprint density at radius 3 is 2.62 bits per heavy atom. The third kappa shape index (κ3) is 5.93. The monoisotopic (exact) mass is 427 g/mol. The van der Waals surface area contributed by atoms with Crippen LogP contribution in [0.4, 0.5) is 13.2 Å². The van der Waals surface area contributed by atoms with Crippen LogP contribution in [-0.2, 0) is 16.0 Å². The van der Waals surface area contributed by atoms with Crippen LogP contribution in [0, 0.1) is 0 Å². The molecule has 156 valence electrons. The largest absolute Gasteiger partial charge is 0.466 e. The van der Waals surface area contributed by atoms with Crippen LogP contribution in [0.15, 0.2) is 35.9 Å². The van der Waals surface area contributed by atoms with Crippen LogP contribution >= 0.6 is 11.6 Å². The highest BCUT2D eigenvalue weighted by molar-refractivity contribution is 6.34. The second kappa shape index (κ2) is 9.73. The zero-order valence-corrected chi connectivity index (χ0v) is 16.8. The van der Waals surface area contributed by atoms with Gasteiger partial charge in [-0.2, -0.15) is 13.2 Å². The molecule has 2 rings (SSSR count). The molecule has 0 bridgehead atoms. The number of ether oxygens (including phenoxy) is 1. The van der Waals surface area contributed by atoms with Crippen molar-refractivity contribution >= 4 is 34.2 Å². The van der Waals surface area contributed by atoms with E-state index in [1.165, 1.54) is 24.3 Å². The Morgan fingerprint density at radius 1 is 1.28 bits per heavy atom. The molecule has 2 N–H and O–H groups in total. The summed E-state index contributed by atoms with van der Waals surface area (Å²) in [7, 11) is 0. The molecule has 1 aromatic carbocycles. The summed E-state index contributed by atoms with van der Waals surface area (Å²) < 4.78 is 45.0. The fourth-order valence-corrected chi connectivity index (χ4v) is 2.85. The van der Waals surface area contributed by atoms with Crippen LogP contribution in [0.2, 0.25) is 5.15 Å². The first-order valence-electron chi connectivity index (χ1n) is 9.03. The lowest BCUT2D eigenvalue weighted by atomic mass is 10.0. The van der Waals surface area contributed by atoms with Gasteiger partial charge < -0.3 is 10.5 Å². The van der Waals surface area contributed by atoms with Gasteiger partial charge in [0.1, 0.15) is 11.0 Å². The smallest absolute Gasteiger partial charge is 0.418 e. The maximum absolute atomic E-state index is 13.4. The number of carbonyl (C=O) groups is 1. The van der Waals surface area contributed by atoms with Gasteiger partial charge in [-0.1, -0.05) is 36.7 Å². The Kier molecular flexibility index (Phi) is 7.61. The van der Waals surface area contributed by atoms with Gasteiger partial charge >= 0.3 is 12.1 Å². The van der Waals surface area contributed by atoms with Gasteiger partial charge in [-0.15, -0.1) is 0 Å². The highest BCUT2D eigenvalue weighted by atomic mass is 35.5. The molecule has 1 aromatic heterocycles. The SMILES string of the molecule is CC/C=C\C(=C(/N)c1ccc2c(Cl)nc(CCC(=O)OCC)nc2c1)C(F)(F)F. The van der Waals surface area contributed by atoms with Crippen molar-refractivity contribution in [2.75, 3.05) is 6.61 Å². The van der Waals surface area contributed by atoms with E-state index in [1.807, 2.05) is 0 Å². The normalized spacial score (nSPS) is 13.0. The molecule has 0 fully saturated rings. The van der Waals surface area contributed by atoms with E-state index in [1.54, 1.807) is 13.8 Å². The fraction of sp³-hybridized carbons (Fsp3) is 0.350. The summed E-state index contributed by atoms with van der Waals surface area (Å²) in [6.45, 7) is 3.69. The number of nitrogens with two attached hydrogens (primary N) is 1. The van der Waals surface area contributed by atoms with Gasteiger partial charge in [-0.05, 0) is 25.5 Å². The number of halogens is 4. The van der Waals surface area contributed by atoms with E-state index in [4.69, 9.17) is 22.1 Å². The number of carbonyl (C=O) groups excluding carboxylic acids is 1. The fourth-order valence-electron chi connectivity index (χ4n) is 2.59. The summed E-state index contributed by atoms with van der Waals surface area (Å²) in [5, 5.41) is 0.616. The predicted molar refractivity (Wildman–Crippen MR) is 106 cm³/mol. The van der Waals surface area contributed by atoms with Crippen LogP contribution in [0.3, 0.4) is 0 Å². The van der Waals surface area contributed by atoms with Crippen LogP contribution in [-0.4, -0.2) is 28.7 Å². The number of hydrogen-bond donors (Lipinski definition) is 1. The first-order valence-corrected chi connectivity index (χ1v) is 9.40. The molecule has 0 aliphatic heterocycles. The quantitative estimate of drug-likeness (QED) is 0.383. The van der Waals surface area contributed by atoms with Crippen molar-refractivity contribution in [1.82, 2.24) is 9.97 Å². The summed E-state index contributed by atoms with van der Waals surface area (Å²) in [6, 6.07) is 4.39. The van der Waals surface area contributed by atoms with E-state index in [2.05, 4.69) is 9.97 Å². The molecule has 0 saturated heterocycles. The van der Waals surface area contributed by atoms with Gasteiger partial charge in [0.05, 0.1) is 29.8 Å². The molecule has 0 radical (unpaired) electrons. The number of esters is 1. The lowest BCUT2D eigenvalue weighted by Crippen LogP contribution is -2.16. The second-order valence-electron chi connectivity index (χ2n) is 6.10. The van der Waals surface area contributed by atoms with E-state index in [9.17, 15) is 18.0 Å². The third-order valence-electron chi connectivity index (χ3n) is 3.98. The highest BCUT2D eigenvalue weighted by Gasteiger charge is 2.34. The van der Waals surface area contributed by atoms with Crippen LogP contribution in [0.5, 0.6) is 0 Å². The average Bonchev–Trinajstić information content (AvgIpc) is 2.65. The standard InChI is InChI=1S/C20H21ClF3N3O2/c1-3-5-6-14(20(22,23)24)18(25)12-7-8-13-15(11-12)26-16(27-19(13)21)9-10-17(28)29-4-2/h5-8,11H,3-4,9-10,25H2,1-2H3/b6-5-,18-14+. The van der Waals surface area contributed by atoms with Crippen LogP contribution in [0.1, 0.15) is 38.1 Å². The summed E-state index contributed by atoms with van der Waals surface area (Å²) in [5.41, 5.74) is 5.00. The molecule has 0 unspecified atom stereocenters. The minimum absolute atomic E-state index is 0.0669. The lowest BCUT2D eigenvalue weighted by Gasteiger charge is -2.13. The minimum Gasteiger partial charge on any atom is -0.466 e. The Bertz CT molecular complexity index is 956. The number of allylic oxidation sites excluding steroid dienone is 3. The molecular weight excluding hydrogens is 407 g/mol. The number of aryl methyl sites for hydroxylation is 1. The molecule has 9 heteroatoms. The van der Waals surface area contributed by atoms with Crippen molar-refractivity contribution in [1.29, 1.82) is 0 Å². The summed E-state index contributed by atoms with van der Waals surface area (Å²) >= 11 is 6.17. The third-order valence-corrected chi connectivity index (χ3v) is 4.27. The van der Waals surface area contributed by atoms with Crippen molar-refractivity contribution in [3.05, 3.63) is 52.5 Å². The second-order valence-corrected chi connectivity index (χ2v) is 6.46. The van der Waals surface area contributed by atoms with Gasteiger partial charge in [0.2, 0.25) is 0 Å². The van der Waals surface area contributed by atoms with E-state index < -0.39 is 23.4 Å². The number of fused-ring (bicyclic) bond motifs is 1. The van der Waals surface area contributed by atoms with Gasteiger partial charge in [0, 0.05) is 17.4 Å². The number of rotatable bonds is 7. The molecule has 29 heavy (non-hydrogen) atoms. The van der Waals surface area contributed by atoms with Crippen molar-refractivity contribution in [2.45, 2.75) is 39.3 Å². The number of nitrogens with zero attached hydrogens (tertiary/aromatic N) is 2. The Labute approximate surface area is 171 Å². The maximum Gasteiger partial charge on any atom is 0.418 e. The average molecular weight is 428 g/mol. The molecule has 5 nitrogen and oxygen atoms in total. The zero-order valence-electron chi connectivity index (χ0n) is 16.0. The van der Waals surface area contributed by atoms with Gasteiger partial charge in [0.25, 0.3) is 0 Å². The van der Waals surface area contributed by atoms with E-state index >= 15 is 0 Å². The molecule has 1 heterocycles. The first-order chi connectivity index (χ1) is 13.7. The van der Waals surface area contributed by atoms with Crippen LogP contribution in [0.25, 0.3) is 16.6 Å². The number of aromatic nitrogens is 2. The molecule has 2 aromatic rings. The van der Waals surface area contributed by atoms with E-state index in [-0.39, 0.29) is 36.0 Å². The van der Waals surface area contributed by atoms with Gasteiger partial charge in [-0.3, -0.25) is 4.79 Å². The van der Waals surface area contributed by atoms with Crippen molar-refractivity contribution in [3.63, 3.8) is 0 Å². The zero-order chi connectivity index (χ0) is 21.6. The maximum atomic E-state index is 13.4. The summed E-state index contributed by atoms with van der Waals surface area (Å²) in [4.78, 5) is 20.0. The molecule has 0 aliphatic rings. The molecule has 0 aliphatic carbocycles. The Hall–Kier alpha value is -2.61. The minimum atomic E-state index is -4.60. The van der Waals surface area contributed by atoms with Crippen molar-refractivity contribution < 1.29 is 22.7 Å². The predicted octanol–water partition coefficient (Wildman–Crippen LogP) is 4.98. The number of benzene rings is 1. The summed E-state index contributed by atoms with van der Waals surface area (Å²) in [5.74, 6) is -0.108. The molecule has 0 atom stereocenters. The van der Waals surface area contributed by atoms with Gasteiger partial charge in [-0.25, -0.2) is 9.97 Å². The Morgan fingerprint density at radius 2 is 2.00 bits per heavy atom. The van der Waals surface area contributed by atoms with Gasteiger partial charge in [0.15, 0.2) is 0 Å². The molecular formula is C20H21ClF3N3O2. The topological polar surface area (TPSA) is 78.1 Å². The summed E-state index contributed by atoms with van der Waals surface area (Å²) in [6.07, 6.45) is -1.54. The van der Waals surface area contributed by atoms with E-state index in [0.29, 0.717) is 17.3 Å². The molecule has 0 amide bonds. The van der Waals surface area contributed by atoms with E-state index in [0.717, 1.165) is 6.08 Å². The molecule has 0 saturated carbocycles. The highest BCUT2D eigenvalue weighted by Crippen LogP contribution is 2.32.